The lowest BCUT2D eigenvalue weighted by atomic mass is 10.0. The van der Waals surface area contributed by atoms with Crippen LogP contribution in [0.2, 0.25) is 0 Å². The number of ether oxygens (including phenoxy) is 2. The molecule has 1 unspecified atom stereocenters. The average Bonchev–Trinajstić information content (AvgIpc) is 2.78. The van der Waals surface area contributed by atoms with Gasteiger partial charge in [0.25, 0.3) is 0 Å². The topological polar surface area (TPSA) is 47.6 Å². The fourth-order valence-corrected chi connectivity index (χ4v) is 3.08. The van der Waals surface area contributed by atoms with Gasteiger partial charge in [0.15, 0.2) is 0 Å². The zero-order valence-electron chi connectivity index (χ0n) is 11.1. The van der Waals surface area contributed by atoms with Gasteiger partial charge in [0.2, 0.25) is 0 Å². The first kappa shape index (κ1) is 12.5. The van der Waals surface area contributed by atoms with Crippen LogP contribution in [0, 0.1) is 0 Å². The van der Waals surface area contributed by atoms with E-state index in [-0.39, 0.29) is 5.97 Å². The lowest BCUT2D eigenvalue weighted by molar-refractivity contribution is 0.0600. The summed E-state index contributed by atoms with van der Waals surface area (Å²) in [5.74, 6) is 0.519. The molecule has 19 heavy (non-hydrogen) atoms. The number of fused-ring (bicyclic) bond motifs is 2. The van der Waals surface area contributed by atoms with Gasteiger partial charge >= 0.3 is 5.97 Å². The van der Waals surface area contributed by atoms with Crippen LogP contribution in [0.5, 0.6) is 5.75 Å². The molecular weight excluding hydrogens is 242 g/mol. The maximum atomic E-state index is 11.3. The normalized spacial score (nSPS) is 29.0. The van der Waals surface area contributed by atoms with Gasteiger partial charge in [0.1, 0.15) is 11.9 Å². The molecule has 2 saturated heterocycles. The standard InChI is InChI=1S/C15H19NO3/c1-18-15(17)10-2-6-13(7-3-10)19-14-8-11-4-5-12(9-14)16-11/h2-3,6-7,11-12,14,16H,4-5,8-9H2,1H3/t11-,12+,14?. The minimum atomic E-state index is -0.313. The quantitative estimate of drug-likeness (QED) is 0.847. The molecule has 102 valence electrons. The highest BCUT2D eigenvalue weighted by atomic mass is 16.5. The minimum absolute atomic E-state index is 0.294. The lowest BCUT2D eigenvalue weighted by Gasteiger charge is -2.29. The van der Waals surface area contributed by atoms with Gasteiger partial charge in [-0.1, -0.05) is 0 Å². The second-order valence-electron chi connectivity index (χ2n) is 5.37. The first-order chi connectivity index (χ1) is 9.24. The third-order valence-electron chi connectivity index (χ3n) is 4.01. The van der Waals surface area contributed by atoms with Crippen LogP contribution in [-0.2, 0) is 4.74 Å². The summed E-state index contributed by atoms with van der Waals surface area (Å²) >= 11 is 0. The van der Waals surface area contributed by atoms with Crippen molar-refractivity contribution in [2.45, 2.75) is 43.9 Å². The van der Waals surface area contributed by atoms with E-state index in [1.54, 1.807) is 12.1 Å². The molecule has 2 heterocycles. The number of esters is 1. The molecule has 0 aromatic heterocycles. The number of hydrogen-bond donors (Lipinski definition) is 1. The summed E-state index contributed by atoms with van der Waals surface area (Å²) < 4.78 is 10.7. The zero-order valence-corrected chi connectivity index (χ0v) is 11.1. The summed E-state index contributed by atoms with van der Waals surface area (Å²) in [5.41, 5.74) is 0.556. The van der Waals surface area contributed by atoms with Gasteiger partial charge in [-0.3, -0.25) is 0 Å². The van der Waals surface area contributed by atoms with E-state index in [9.17, 15) is 4.79 Å². The highest BCUT2D eigenvalue weighted by molar-refractivity contribution is 5.89. The van der Waals surface area contributed by atoms with Crippen molar-refractivity contribution >= 4 is 5.97 Å². The number of methoxy groups -OCH3 is 1. The number of benzene rings is 1. The third kappa shape index (κ3) is 2.73. The SMILES string of the molecule is COC(=O)c1ccc(OC2C[C@H]3CC[C@@H](C2)N3)cc1. The summed E-state index contributed by atoms with van der Waals surface area (Å²) in [6, 6.07) is 8.43. The monoisotopic (exact) mass is 261 g/mol. The van der Waals surface area contributed by atoms with Crippen molar-refractivity contribution in [2.24, 2.45) is 0 Å². The predicted molar refractivity (Wildman–Crippen MR) is 71.4 cm³/mol. The molecule has 1 aromatic rings. The summed E-state index contributed by atoms with van der Waals surface area (Å²) in [6.07, 6.45) is 4.99. The second-order valence-corrected chi connectivity index (χ2v) is 5.37. The third-order valence-corrected chi connectivity index (χ3v) is 4.01. The van der Waals surface area contributed by atoms with Gasteiger partial charge in [-0.15, -0.1) is 0 Å². The fourth-order valence-electron chi connectivity index (χ4n) is 3.08. The van der Waals surface area contributed by atoms with E-state index in [4.69, 9.17) is 4.74 Å². The molecule has 2 aliphatic heterocycles. The Kier molecular flexibility index (Phi) is 3.42. The van der Waals surface area contributed by atoms with Crippen LogP contribution in [0.4, 0.5) is 0 Å². The summed E-state index contributed by atoms with van der Waals surface area (Å²) in [7, 11) is 1.39. The molecule has 2 bridgehead atoms. The maximum Gasteiger partial charge on any atom is 0.337 e. The molecule has 2 aliphatic rings. The molecule has 3 atom stereocenters. The van der Waals surface area contributed by atoms with E-state index in [0.29, 0.717) is 23.8 Å². The Morgan fingerprint density at radius 3 is 2.37 bits per heavy atom. The molecule has 4 heteroatoms. The first-order valence-corrected chi connectivity index (χ1v) is 6.85. The molecule has 4 nitrogen and oxygen atoms in total. The summed E-state index contributed by atoms with van der Waals surface area (Å²) in [4.78, 5) is 11.3. The number of rotatable bonds is 3. The van der Waals surface area contributed by atoms with Crippen LogP contribution in [0.3, 0.4) is 0 Å². The van der Waals surface area contributed by atoms with E-state index in [0.717, 1.165) is 18.6 Å². The van der Waals surface area contributed by atoms with E-state index in [1.807, 2.05) is 12.1 Å². The van der Waals surface area contributed by atoms with Crippen molar-refractivity contribution in [2.75, 3.05) is 7.11 Å². The average molecular weight is 261 g/mol. The summed E-state index contributed by atoms with van der Waals surface area (Å²) in [5, 5.41) is 3.60. The van der Waals surface area contributed by atoms with Crippen LogP contribution in [0.25, 0.3) is 0 Å². The molecular formula is C15H19NO3. The Hall–Kier alpha value is -1.55. The number of carbonyl (C=O) groups excluding carboxylic acids is 1. The molecule has 2 fully saturated rings. The largest absolute Gasteiger partial charge is 0.490 e. The summed E-state index contributed by atoms with van der Waals surface area (Å²) in [6.45, 7) is 0. The van der Waals surface area contributed by atoms with E-state index in [1.165, 1.54) is 20.0 Å². The van der Waals surface area contributed by atoms with E-state index >= 15 is 0 Å². The number of piperidine rings is 1. The number of hydrogen-bond acceptors (Lipinski definition) is 4. The van der Waals surface area contributed by atoms with Gasteiger partial charge in [-0.05, 0) is 49.9 Å². The molecule has 1 N–H and O–H groups in total. The Balaban J connectivity index is 1.62. The smallest absolute Gasteiger partial charge is 0.337 e. The Bertz CT molecular complexity index is 445. The number of carbonyl (C=O) groups is 1. The van der Waals surface area contributed by atoms with Gasteiger partial charge < -0.3 is 14.8 Å². The number of nitrogens with one attached hydrogen (secondary N) is 1. The highest BCUT2D eigenvalue weighted by Gasteiger charge is 2.34. The van der Waals surface area contributed by atoms with Crippen LogP contribution in [-0.4, -0.2) is 31.3 Å². The molecule has 0 saturated carbocycles. The maximum absolute atomic E-state index is 11.3. The van der Waals surface area contributed by atoms with Crippen molar-refractivity contribution in [3.8, 4) is 5.75 Å². The van der Waals surface area contributed by atoms with Gasteiger partial charge in [0.05, 0.1) is 12.7 Å². The Morgan fingerprint density at radius 2 is 1.79 bits per heavy atom. The van der Waals surface area contributed by atoms with Crippen molar-refractivity contribution in [1.29, 1.82) is 0 Å². The van der Waals surface area contributed by atoms with E-state index < -0.39 is 0 Å². The Morgan fingerprint density at radius 1 is 1.16 bits per heavy atom. The first-order valence-electron chi connectivity index (χ1n) is 6.85. The second kappa shape index (κ2) is 5.21. The van der Waals surface area contributed by atoms with E-state index in [2.05, 4.69) is 10.1 Å². The fraction of sp³-hybridized carbons (Fsp3) is 0.533. The van der Waals surface area contributed by atoms with Gasteiger partial charge in [0, 0.05) is 12.1 Å². The minimum Gasteiger partial charge on any atom is -0.490 e. The molecule has 1 aromatic carbocycles. The molecule has 0 spiro atoms. The molecule has 0 amide bonds. The Labute approximate surface area is 113 Å². The zero-order chi connectivity index (χ0) is 13.2. The van der Waals surface area contributed by atoms with Crippen molar-refractivity contribution in [3.05, 3.63) is 29.8 Å². The van der Waals surface area contributed by atoms with Gasteiger partial charge in [-0.25, -0.2) is 4.79 Å². The van der Waals surface area contributed by atoms with Crippen LogP contribution in [0.15, 0.2) is 24.3 Å². The molecule has 0 radical (unpaired) electrons. The van der Waals surface area contributed by atoms with Gasteiger partial charge in [-0.2, -0.15) is 0 Å². The predicted octanol–water partition coefficient (Wildman–Crippen LogP) is 2.13. The van der Waals surface area contributed by atoms with Crippen molar-refractivity contribution in [1.82, 2.24) is 5.32 Å². The molecule has 3 rings (SSSR count). The lowest BCUT2D eigenvalue weighted by Crippen LogP contribution is -2.42. The highest BCUT2D eigenvalue weighted by Crippen LogP contribution is 2.29. The van der Waals surface area contributed by atoms with Crippen molar-refractivity contribution < 1.29 is 14.3 Å². The molecule has 0 aliphatic carbocycles. The van der Waals surface area contributed by atoms with Crippen molar-refractivity contribution in [3.63, 3.8) is 0 Å². The van der Waals surface area contributed by atoms with Crippen LogP contribution >= 0.6 is 0 Å². The van der Waals surface area contributed by atoms with Crippen LogP contribution < -0.4 is 10.1 Å². The van der Waals surface area contributed by atoms with Crippen LogP contribution in [0.1, 0.15) is 36.0 Å².